The van der Waals surface area contributed by atoms with Gasteiger partial charge in [0, 0.05) is 49.2 Å². The fourth-order valence-corrected chi connectivity index (χ4v) is 5.80. The third-order valence-electron chi connectivity index (χ3n) is 7.95. The number of hydrogen-bond donors (Lipinski definition) is 3. The Morgan fingerprint density at radius 1 is 1.19 bits per heavy atom. The molecule has 2 unspecified atom stereocenters. The summed E-state index contributed by atoms with van der Waals surface area (Å²) in [6.07, 6.45) is 1.05. The molecule has 3 aromatic rings. The number of fused-ring (bicyclic) bond motifs is 1. The number of alkyl halides is 3. The Morgan fingerprint density at radius 2 is 1.92 bits per heavy atom. The zero-order chi connectivity index (χ0) is 35.1. The maximum Gasteiger partial charge on any atom is 0.406 e. The van der Waals surface area contributed by atoms with Crippen molar-refractivity contribution in [1.82, 2.24) is 14.0 Å². The van der Waals surface area contributed by atoms with E-state index in [-0.39, 0.29) is 25.0 Å². The number of nitrogens with two attached hydrogens (primary N) is 1. The highest BCUT2D eigenvalue weighted by atomic mass is 19.4. The van der Waals surface area contributed by atoms with E-state index >= 15 is 0 Å². The molecule has 264 valence electrons. The maximum absolute atomic E-state index is 13.4. The van der Waals surface area contributed by atoms with Crippen LogP contribution in [0.2, 0.25) is 0 Å². The lowest BCUT2D eigenvalue weighted by Crippen LogP contribution is -2.45. The van der Waals surface area contributed by atoms with Crippen LogP contribution in [0.25, 0.3) is 10.9 Å². The Bertz CT molecular complexity index is 1530. The zero-order valence-electron chi connectivity index (χ0n) is 27.7. The highest BCUT2D eigenvalue weighted by Gasteiger charge is 2.31. The Labute approximate surface area is 279 Å². The fourth-order valence-electron chi connectivity index (χ4n) is 5.80. The van der Waals surface area contributed by atoms with E-state index in [9.17, 15) is 18.0 Å². The van der Waals surface area contributed by atoms with E-state index in [1.807, 2.05) is 23.8 Å². The molecule has 4 N–H and O–H groups in total. The molecule has 48 heavy (non-hydrogen) atoms. The van der Waals surface area contributed by atoms with Gasteiger partial charge in [0.05, 0.1) is 49.7 Å². The third kappa shape index (κ3) is 11.6. The van der Waals surface area contributed by atoms with Crippen molar-refractivity contribution in [2.75, 3.05) is 65.0 Å². The minimum absolute atomic E-state index is 0.0664. The Balaban J connectivity index is 0.00000201. The van der Waals surface area contributed by atoms with E-state index < -0.39 is 12.7 Å². The standard InChI is InChI=1S/C33H44F3N5O4.CH2O2/c1-4-45-32(42)28-22-40(20-24(28)2)14-16-44-18-17-43-15-11-25-21-39(3)13-10-29(25)38-30-8-5-9-31-27(30)19-26(7-6-12-37)41(31)23-33(34,35)36;2-1-3/h5,8-9,19-20,22,25,29,38H,4,10-18,21,23,37H2,1-3H3;1H,(H,2,3). The van der Waals surface area contributed by atoms with Crippen LogP contribution in [0.3, 0.4) is 0 Å². The molecule has 2 aromatic heterocycles. The summed E-state index contributed by atoms with van der Waals surface area (Å²) in [6.45, 7) is 7.14. The van der Waals surface area contributed by atoms with Gasteiger partial charge in [0.2, 0.25) is 0 Å². The van der Waals surface area contributed by atoms with Crippen molar-refractivity contribution in [2.24, 2.45) is 11.7 Å². The van der Waals surface area contributed by atoms with Crippen LogP contribution in [-0.2, 0) is 32.1 Å². The molecule has 3 heterocycles. The van der Waals surface area contributed by atoms with Gasteiger partial charge in [-0.25, -0.2) is 4.79 Å². The van der Waals surface area contributed by atoms with E-state index in [1.165, 1.54) is 4.57 Å². The topological polar surface area (TPSA) is 133 Å². The van der Waals surface area contributed by atoms with Crippen molar-refractivity contribution in [3.8, 4) is 11.8 Å². The first kappa shape index (κ1) is 38.4. The number of aryl methyl sites for hydroxylation is 1. The Morgan fingerprint density at radius 3 is 2.60 bits per heavy atom. The first-order chi connectivity index (χ1) is 23.0. The fraction of sp³-hybridized carbons (Fsp3) is 0.529. The van der Waals surface area contributed by atoms with Crippen molar-refractivity contribution in [1.29, 1.82) is 0 Å². The molecule has 1 aliphatic heterocycles. The van der Waals surface area contributed by atoms with Gasteiger partial charge >= 0.3 is 12.1 Å². The summed E-state index contributed by atoms with van der Waals surface area (Å²) in [5.41, 5.74) is 8.51. The number of hydrogen-bond acceptors (Lipinski definition) is 8. The van der Waals surface area contributed by atoms with Gasteiger partial charge in [-0.2, -0.15) is 13.2 Å². The molecule has 0 saturated carbocycles. The first-order valence-corrected chi connectivity index (χ1v) is 15.9. The van der Waals surface area contributed by atoms with Crippen LogP contribution < -0.4 is 11.1 Å². The van der Waals surface area contributed by atoms with E-state index in [0.29, 0.717) is 67.7 Å². The molecule has 0 amide bonds. The molecule has 0 spiro atoms. The van der Waals surface area contributed by atoms with Crippen molar-refractivity contribution < 1.29 is 42.1 Å². The summed E-state index contributed by atoms with van der Waals surface area (Å²) >= 11 is 0. The van der Waals surface area contributed by atoms with Crippen LogP contribution in [0.4, 0.5) is 18.9 Å². The Hall–Kier alpha value is -4.03. The highest BCUT2D eigenvalue weighted by Crippen LogP contribution is 2.32. The van der Waals surface area contributed by atoms with Gasteiger partial charge in [-0.3, -0.25) is 4.79 Å². The number of likely N-dealkylation sites (tertiary alicyclic amines) is 1. The van der Waals surface area contributed by atoms with Crippen molar-refractivity contribution in [3.05, 3.63) is 53.5 Å². The lowest BCUT2D eigenvalue weighted by Gasteiger charge is -2.38. The molecule has 1 saturated heterocycles. The van der Waals surface area contributed by atoms with E-state index in [4.69, 9.17) is 29.8 Å². The first-order valence-electron chi connectivity index (χ1n) is 15.9. The molecule has 11 nitrogen and oxygen atoms in total. The highest BCUT2D eigenvalue weighted by molar-refractivity contribution is 5.94. The average Bonchev–Trinajstić information content (AvgIpc) is 3.58. The van der Waals surface area contributed by atoms with Gasteiger partial charge in [0.15, 0.2) is 0 Å². The Kier molecular flexibility index (Phi) is 15.3. The second kappa shape index (κ2) is 19.1. The molecule has 14 heteroatoms. The van der Waals surface area contributed by atoms with Crippen LogP contribution in [0.15, 0.2) is 36.7 Å². The number of piperidine rings is 1. The normalized spacial score (nSPS) is 16.5. The maximum atomic E-state index is 13.4. The number of esters is 1. The minimum Gasteiger partial charge on any atom is -0.483 e. The van der Waals surface area contributed by atoms with Gasteiger partial charge in [-0.1, -0.05) is 12.0 Å². The molecular formula is C34H46F3N5O6. The molecule has 0 aliphatic carbocycles. The number of carboxylic acid groups (broad SMARTS) is 1. The molecule has 2 atom stereocenters. The van der Waals surface area contributed by atoms with Crippen LogP contribution in [0.1, 0.15) is 41.4 Å². The average molecular weight is 678 g/mol. The molecule has 0 bridgehead atoms. The summed E-state index contributed by atoms with van der Waals surface area (Å²) in [5, 5.41) is 11.3. The van der Waals surface area contributed by atoms with Crippen molar-refractivity contribution in [3.63, 3.8) is 0 Å². The van der Waals surface area contributed by atoms with Crippen LogP contribution >= 0.6 is 0 Å². The number of carbonyl (C=O) groups excluding carboxylic acids is 1. The predicted octanol–water partition coefficient (Wildman–Crippen LogP) is 4.36. The van der Waals surface area contributed by atoms with Gasteiger partial charge in [0.25, 0.3) is 6.47 Å². The second-order valence-electron chi connectivity index (χ2n) is 11.5. The number of rotatable bonds is 14. The molecule has 1 fully saturated rings. The van der Waals surface area contributed by atoms with Crippen LogP contribution in [0.5, 0.6) is 0 Å². The molecule has 0 radical (unpaired) electrons. The quantitative estimate of drug-likeness (QED) is 0.0986. The van der Waals surface area contributed by atoms with Crippen LogP contribution in [0, 0.1) is 24.7 Å². The van der Waals surface area contributed by atoms with Crippen LogP contribution in [-0.4, -0.2) is 104 Å². The molecular weight excluding hydrogens is 631 g/mol. The number of benzene rings is 1. The number of halogens is 3. The number of anilines is 1. The van der Waals surface area contributed by atoms with E-state index in [1.54, 1.807) is 31.3 Å². The van der Waals surface area contributed by atoms with Gasteiger partial charge in [-0.05, 0) is 75.9 Å². The molecule has 1 aromatic carbocycles. The zero-order valence-corrected chi connectivity index (χ0v) is 27.7. The van der Waals surface area contributed by atoms with Crippen molar-refractivity contribution in [2.45, 2.75) is 52.0 Å². The number of carbonyl (C=O) groups is 2. The van der Waals surface area contributed by atoms with Gasteiger partial charge < -0.3 is 44.4 Å². The molecule has 4 rings (SSSR count). The monoisotopic (exact) mass is 677 g/mol. The largest absolute Gasteiger partial charge is 0.483 e. The summed E-state index contributed by atoms with van der Waals surface area (Å²) in [5.74, 6) is 5.48. The number of aromatic nitrogens is 2. The number of ether oxygens (including phenoxy) is 3. The summed E-state index contributed by atoms with van der Waals surface area (Å²) in [6, 6.07) is 7.25. The summed E-state index contributed by atoms with van der Waals surface area (Å²) in [4.78, 5) is 22.7. The SMILES string of the molecule is CCOC(=O)c1cn(CCOCCOCCC2CN(C)CCC2Nc2cccc3c2cc(C#CCN)n3CC(F)(F)F)cc1C.O=CO. The second-order valence-corrected chi connectivity index (χ2v) is 11.5. The van der Waals surface area contributed by atoms with Crippen molar-refractivity contribution >= 4 is 29.0 Å². The third-order valence-corrected chi connectivity index (χ3v) is 7.95. The number of nitrogens with zero attached hydrogens (tertiary/aromatic N) is 3. The smallest absolute Gasteiger partial charge is 0.406 e. The lowest BCUT2D eigenvalue weighted by atomic mass is 9.89. The lowest BCUT2D eigenvalue weighted by molar-refractivity contribution is -0.140. The van der Waals surface area contributed by atoms with E-state index in [2.05, 4.69) is 29.1 Å². The predicted molar refractivity (Wildman–Crippen MR) is 177 cm³/mol. The van der Waals surface area contributed by atoms with Gasteiger partial charge in [-0.15, -0.1) is 0 Å². The van der Waals surface area contributed by atoms with E-state index in [0.717, 1.165) is 37.2 Å². The summed E-state index contributed by atoms with van der Waals surface area (Å²) < 4.78 is 60.1. The van der Waals surface area contributed by atoms with Gasteiger partial charge in [0.1, 0.15) is 6.54 Å². The summed E-state index contributed by atoms with van der Waals surface area (Å²) in [7, 11) is 2.10. The minimum atomic E-state index is -4.38. The molecule has 1 aliphatic rings. The number of nitrogens with one attached hydrogen (secondary N) is 1.